The highest BCUT2D eigenvalue weighted by atomic mass is 19.1. The molecule has 0 aliphatic carbocycles. The fourth-order valence-corrected chi connectivity index (χ4v) is 2.45. The smallest absolute Gasteiger partial charge is 0.256 e. The maximum atomic E-state index is 12.9. The van der Waals surface area contributed by atoms with Crippen molar-refractivity contribution in [3.63, 3.8) is 0 Å². The molecular formula is C17H20FN5O2. The second-order valence-electron chi connectivity index (χ2n) is 5.65. The second-order valence-corrected chi connectivity index (χ2v) is 5.65. The van der Waals surface area contributed by atoms with Crippen LogP contribution in [0.4, 0.5) is 16.0 Å². The Bertz CT molecular complexity index is 687. The predicted octanol–water partition coefficient (Wildman–Crippen LogP) is 1.61. The van der Waals surface area contributed by atoms with E-state index >= 15 is 0 Å². The Morgan fingerprint density at radius 1 is 1.08 bits per heavy atom. The van der Waals surface area contributed by atoms with Crippen molar-refractivity contribution in [3.05, 3.63) is 47.8 Å². The molecule has 1 saturated heterocycles. The van der Waals surface area contributed by atoms with Crippen LogP contribution in [0.25, 0.3) is 0 Å². The summed E-state index contributed by atoms with van der Waals surface area (Å²) in [6.07, 6.45) is 0. The third-order valence-corrected chi connectivity index (χ3v) is 3.85. The van der Waals surface area contributed by atoms with Crippen molar-refractivity contribution < 1.29 is 13.9 Å². The number of nitrogens with one attached hydrogen (secondary N) is 2. The van der Waals surface area contributed by atoms with Crippen LogP contribution < -0.4 is 10.6 Å². The number of rotatable bonds is 6. The fraction of sp³-hybridized carbons (Fsp3) is 0.353. The minimum atomic E-state index is -0.385. The lowest BCUT2D eigenvalue weighted by atomic mass is 10.2. The molecule has 1 fully saturated rings. The molecule has 8 heteroatoms. The van der Waals surface area contributed by atoms with Crippen molar-refractivity contribution in [2.24, 2.45) is 0 Å². The van der Waals surface area contributed by atoms with Gasteiger partial charge in [0, 0.05) is 31.7 Å². The van der Waals surface area contributed by atoms with Crippen molar-refractivity contribution in [3.8, 4) is 0 Å². The number of amides is 1. The second kappa shape index (κ2) is 8.50. The van der Waals surface area contributed by atoms with E-state index in [1.54, 1.807) is 12.1 Å². The first-order valence-electron chi connectivity index (χ1n) is 8.15. The van der Waals surface area contributed by atoms with E-state index in [1.807, 2.05) is 0 Å². The summed E-state index contributed by atoms with van der Waals surface area (Å²) in [5.74, 6) is 0.243. The van der Waals surface area contributed by atoms with Crippen LogP contribution in [0, 0.1) is 5.82 Å². The maximum Gasteiger partial charge on any atom is 0.256 e. The van der Waals surface area contributed by atoms with E-state index in [0.29, 0.717) is 17.2 Å². The molecule has 7 nitrogen and oxygen atoms in total. The molecular weight excluding hydrogens is 325 g/mol. The summed E-state index contributed by atoms with van der Waals surface area (Å²) in [4.78, 5) is 14.3. The first-order valence-corrected chi connectivity index (χ1v) is 8.15. The predicted molar refractivity (Wildman–Crippen MR) is 92.1 cm³/mol. The summed E-state index contributed by atoms with van der Waals surface area (Å²) in [5.41, 5.74) is 0.357. The number of aromatic nitrogens is 2. The zero-order chi connectivity index (χ0) is 17.5. The Hall–Kier alpha value is -2.58. The number of hydrogen-bond donors (Lipinski definition) is 2. The number of benzene rings is 1. The van der Waals surface area contributed by atoms with Gasteiger partial charge in [-0.25, -0.2) is 4.39 Å². The van der Waals surface area contributed by atoms with Crippen LogP contribution in [0.5, 0.6) is 0 Å². The molecule has 0 spiro atoms. The average Bonchev–Trinajstić information content (AvgIpc) is 2.64. The number of ether oxygens (including phenoxy) is 1. The lowest BCUT2D eigenvalue weighted by Gasteiger charge is -2.26. The van der Waals surface area contributed by atoms with Gasteiger partial charge in [-0.3, -0.25) is 9.69 Å². The van der Waals surface area contributed by atoms with Gasteiger partial charge in [-0.1, -0.05) is 0 Å². The van der Waals surface area contributed by atoms with Crippen molar-refractivity contribution in [2.75, 3.05) is 50.0 Å². The highest BCUT2D eigenvalue weighted by molar-refractivity contribution is 6.03. The van der Waals surface area contributed by atoms with E-state index < -0.39 is 0 Å². The number of hydrogen-bond acceptors (Lipinski definition) is 6. The third-order valence-electron chi connectivity index (χ3n) is 3.85. The summed E-state index contributed by atoms with van der Waals surface area (Å²) in [5, 5.41) is 13.8. The number of carbonyl (C=O) groups is 1. The molecule has 2 N–H and O–H groups in total. The molecule has 132 valence electrons. The van der Waals surface area contributed by atoms with E-state index in [4.69, 9.17) is 4.74 Å². The highest BCUT2D eigenvalue weighted by Crippen LogP contribution is 2.09. The molecule has 0 saturated carbocycles. The molecule has 1 aliphatic rings. The molecule has 1 aromatic carbocycles. The maximum absolute atomic E-state index is 12.9. The molecule has 0 radical (unpaired) electrons. The molecule has 1 aliphatic heterocycles. The zero-order valence-corrected chi connectivity index (χ0v) is 13.7. The minimum Gasteiger partial charge on any atom is -0.379 e. The largest absolute Gasteiger partial charge is 0.379 e. The van der Waals surface area contributed by atoms with Gasteiger partial charge in [0.15, 0.2) is 5.82 Å². The topological polar surface area (TPSA) is 79.4 Å². The summed E-state index contributed by atoms with van der Waals surface area (Å²) in [7, 11) is 0. The summed E-state index contributed by atoms with van der Waals surface area (Å²) >= 11 is 0. The van der Waals surface area contributed by atoms with Gasteiger partial charge in [-0.15, -0.1) is 10.2 Å². The standard InChI is InChI=1S/C17H20FN5O2/c18-14-3-1-13(2-4-14)17(24)20-16-6-5-15(21-22-16)19-7-8-23-9-11-25-12-10-23/h1-6H,7-12H2,(H,19,21)(H,20,22,24). The Morgan fingerprint density at radius 2 is 1.76 bits per heavy atom. The quantitative estimate of drug-likeness (QED) is 0.828. The van der Waals surface area contributed by atoms with Crippen LogP contribution in [-0.2, 0) is 4.74 Å². The molecule has 3 rings (SSSR count). The van der Waals surface area contributed by atoms with Crippen LogP contribution in [0.1, 0.15) is 10.4 Å². The SMILES string of the molecule is O=C(Nc1ccc(NCCN2CCOCC2)nn1)c1ccc(F)cc1. The zero-order valence-electron chi connectivity index (χ0n) is 13.7. The Morgan fingerprint density at radius 3 is 2.44 bits per heavy atom. The number of nitrogens with zero attached hydrogens (tertiary/aromatic N) is 3. The van der Waals surface area contributed by atoms with Crippen LogP contribution >= 0.6 is 0 Å². The third kappa shape index (κ3) is 5.20. The van der Waals surface area contributed by atoms with Gasteiger partial charge in [0.05, 0.1) is 13.2 Å². The summed E-state index contributed by atoms with van der Waals surface area (Å²) in [6.45, 7) is 5.12. The molecule has 2 aromatic rings. The van der Waals surface area contributed by atoms with E-state index in [0.717, 1.165) is 39.4 Å². The van der Waals surface area contributed by atoms with E-state index in [9.17, 15) is 9.18 Å². The van der Waals surface area contributed by atoms with Crippen molar-refractivity contribution in [2.45, 2.75) is 0 Å². The van der Waals surface area contributed by atoms with Crippen molar-refractivity contribution >= 4 is 17.5 Å². The molecule has 0 atom stereocenters. The highest BCUT2D eigenvalue weighted by Gasteiger charge is 2.10. The van der Waals surface area contributed by atoms with E-state index in [-0.39, 0.29) is 11.7 Å². The minimum absolute atomic E-state index is 0.341. The first-order chi connectivity index (χ1) is 12.2. The van der Waals surface area contributed by atoms with Gasteiger partial charge in [0.25, 0.3) is 5.91 Å². The molecule has 2 heterocycles. The van der Waals surface area contributed by atoms with Gasteiger partial charge in [-0.05, 0) is 36.4 Å². The summed E-state index contributed by atoms with van der Waals surface area (Å²) < 4.78 is 18.2. The first kappa shape index (κ1) is 17.2. The lowest BCUT2D eigenvalue weighted by molar-refractivity contribution is 0.0398. The monoisotopic (exact) mass is 345 g/mol. The van der Waals surface area contributed by atoms with Crippen molar-refractivity contribution in [1.29, 1.82) is 0 Å². The number of morpholine rings is 1. The van der Waals surface area contributed by atoms with Crippen LogP contribution in [0.15, 0.2) is 36.4 Å². The Kier molecular flexibility index (Phi) is 5.86. The molecule has 0 bridgehead atoms. The Labute approximate surface area is 145 Å². The molecule has 1 aromatic heterocycles. The normalized spacial score (nSPS) is 14.9. The fourth-order valence-electron chi connectivity index (χ4n) is 2.45. The van der Waals surface area contributed by atoms with Crippen LogP contribution in [-0.4, -0.2) is 60.4 Å². The van der Waals surface area contributed by atoms with E-state index in [1.165, 1.54) is 24.3 Å². The van der Waals surface area contributed by atoms with E-state index in [2.05, 4.69) is 25.7 Å². The summed E-state index contributed by atoms with van der Waals surface area (Å²) in [6, 6.07) is 8.74. The van der Waals surface area contributed by atoms with Crippen LogP contribution in [0.3, 0.4) is 0 Å². The van der Waals surface area contributed by atoms with Gasteiger partial charge in [0.2, 0.25) is 0 Å². The number of carbonyl (C=O) groups excluding carboxylic acids is 1. The van der Waals surface area contributed by atoms with Gasteiger partial charge in [-0.2, -0.15) is 0 Å². The van der Waals surface area contributed by atoms with Gasteiger partial charge >= 0.3 is 0 Å². The molecule has 25 heavy (non-hydrogen) atoms. The van der Waals surface area contributed by atoms with Gasteiger partial charge in [0.1, 0.15) is 11.6 Å². The van der Waals surface area contributed by atoms with Crippen LogP contribution in [0.2, 0.25) is 0 Å². The van der Waals surface area contributed by atoms with Gasteiger partial charge < -0.3 is 15.4 Å². The lowest BCUT2D eigenvalue weighted by Crippen LogP contribution is -2.39. The Balaban J connectivity index is 1.46. The van der Waals surface area contributed by atoms with Crippen molar-refractivity contribution in [1.82, 2.24) is 15.1 Å². The number of anilines is 2. The average molecular weight is 345 g/mol. The number of halogens is 1. The molecule has 1 amide bonds. The molecule has 0 unspecified atom stereocenters.